The Morgan fingerprint density at radius 3 is 2.34 bits per heavy atom. The highest BCUT2D eigenvalue weighted by Gasteiger charge is 2.39. The van der Waals surface area contributed by atoms with Crippen LogP contribution in [0, 0.1) is 19.8 Å². The number of nitrogens with zero attached hydrogens (tertiary/aromatic N) is 1. The minimum atomic E-state index is -0.715. The van der Waals surface area contributed by atoms with E-state index >= 15 is 0 Å². The van der Waals surface area contributed by atoms with Gasteiger partial charge in [0.15, 0.2) is 0 Å². The molecule has 29 heavy (non-hydrogen) atoms. The van der Waals surface area contributed by atoms with E-state index in [-0.39, 0.29) is 24.2 Å². The van der Waals surface area contributed by atoms with E-state index in [9.17, 15) is 14.4 Å². The molecule has 1 heterocycles. The van der Waals surface area contributed by atoms with E-state index in [0.717, 1.165) is 16.8 Å². The van der Waals surface area contributed by atoms with E-state index in [4.69, 9.17) is 9.47 Å². The fourth-order valence-corrected chi connectivity index (χ4v) is 3.55. The molecule has 7 heteroatoms. The van der Waals surface area contributed by atoms with Gasteiger partial charge >= 0.3 is 12.1 Å². The van der Waals surface area contributed by atoms with Crippen molar-refractivity contribution in [3.05, 3.63) is 29.3 Å². The van der Waals surface area contributed by atoms with Crippen LogP contribution in [0.1, 0.15) is 51.2 Å². The van der Waals surface area contributed by atoms with Crippen molar-refractivity contribution < 1.29 is 23.9 Å². The highest BCUT2D eigenvalue weighted by Crippen LogP contribution is 2.29. The monoisotopic (exact) mass is 404 g/mol. The third-order valence-electron chi connectivity index (χ3n) is 5.05. The van der Waals surface area contributed by atoms with Crippen molar-refractivity contribution in [1.82, 2.24) is 4.90 Å². The van der Waals surface area contributed by atoms with Crippen LogP contribution in [0.2, 0.25) is 0 Å². The Hall–Kier alpha value is -2.57. The van der Waals surface area contributed by atoms with Crippen molar-refractivity contribution >= 4 is 23.7 Å². The Balaban J connectivity index is 2.24. The zero-order valence-corrected chi connectivity index (χ0v) is 18.2. The Kier molecular flexibility index (Phi) is 7.27. The molecule has 1 N–H and O–H groups in total. The molecule has 1 aromatic carbocycles. The molecule has 1 aliphatic heterocycles. The Bertz CT molecular complexity index is 749. The Labute approximate surface area is 172 Å². The lowest BCUT2D eigenvalue weighted by Gasteiger charge is -2.39. The standard InChI is InChI=1S/C22H32N2O5/c1-14-8-7-9-15(2)19(14)23-20(26)17-12-16(13-18(25)28-6)10-11-24(17)21(27)29-22(3,4)5/h7-9,16-17H,10-13H2,1-6H3,(H,23,26)/t16-,17-/m0/s1. The van der Waals surface area contributed by atoms with Crippen LogP contribution < -0.4 is 5.32 Å². The van der Waals surface area contributed by atoms with Gasteiger partial charge in [-0.1, -0.05) is 18.2 Å². The minimum absolute atomic E-state index is 0.0325. The van der Waals surface area contributed by atoms with Crippen LogP contribution in [0.5, 0.6) is 0 Å². The van der Waals surface area contributed by atoms with Crippen molar-refractivity contribution in [3.63, 3.8) is 0 Å². The molecule has 0 saturated carbocycles. The number of para-hydroxylation sites is 1. The molecule has 0 aromatic heterocycles. The zero-order valence-electron chi connectivity index (χ0n) is 18.2. The fraction of sp³-hybridized carbons (Fsp3) is 0.591. The molecule has 1 saturated heterocycles. The van der Waals surface area contributed by atoms with Gasteiger partial charge in [-0.25, -0.2) is 4.79 Å². The lowest BCUT2D eigenvalue weighted by atomic mass is 9.88. The summed E-state index contributed by atoms with van der Waals surface area (Å²) in [7, 11) is 1.35. The van der Waals surface area contributed by atoms with Crippen molar-refractivity contribution in [2.75, 3.05) is 19.0 Å². The minimum Gasteiger partial charge on any atom is -0.469 e. The molecule has 1 aromatic rings. The van der Waals surface area contributed by atoms with Gasteiger partial charge in [-0.05, 0) is 64.5 Å². The van der Waals surface area contributed by atoms with Gasteiger partial charge in [0.2, 0.25) is 5.91 Å². The number of esters is 1. The van der Waals surface area contributed by atoms with Gasteiger partial charge in [-0.3, -0.25) is 14.5 Å². The van der Waals surface area contributed by atoms with Crippen LogP contribution in [0.4, 0.5) is 10.5 Å². The van der Waals surface area contributed by atoms with E-state index in [1.807, 2.05) is 32.0 Å². The highest BCUT2D eigenvalue weighted by molar-refractivity contribution is 5.97. The first-order valence-electron chi connectivity index (χ1n) is 9.95. The first-order valence-corrected chi connectivity index (χ1v) is 9.95. The lowest BCUT2D eigenvalue weighted by Crippen LogP contribution is -2.53. The summed E-state index contributed by atoms with van der Waals surface area (Å²) >= 11 is 0. The number of carbonyl (C=O) groups is 3. The number of hydrogen-bond acceptors (Lipinski definition) is 5. The Morgan fingerprint density at radius 2 is 1.79 bits per heavy atom. The number of piperidine rings is 1. The number of rotatable bonds is 4. The van der Waals surface area contributed by atoms with Crippen LogP contribution in [0.25, 0.3) is 0 Å². The third-order valence-corrected chi connectivity index (χ3v) is 5.05. The molecule has 7 nitrogen and oxygen atoms in total. The molecule has 160 valence electrons. The van der Waals surface area contributed by atoms with Crippen molar-refractivity contribution in [2.45, 2.75) is 65.5 Å². The van der Waals surface area contributed by atoms with Crippen molar-refractivity contribution in [2.24, 2.45) is 5.92 Å². The SMILES string of the molecule is COC(=O)C[C@H]1CCN(C(=O)OC(C)(C)C)[C@H](C(=O)Nc2c(C)cccc2C)C1. The molecule has 0 unspecified atom stereocenters. The second-order valence-electron chi connectivity index (χ2n) is 8.62. The number of likely N-dealkylation sites (tertiary alicyclic amines) is 1. The van der Waals surface area contributed by atoms with Gasteiger partial charge in [0.05, 0.1) is 7.11 Å². The highest BCUT2D eigenvalue weighted by atomic mass is 16.6. The second kappa shape index (κ2) is 9.29. The van der Waals surface area contributed by atoms with E-state index < -0.39 is 17.7 Å². The maximum absolute atomic E-state index is 13.2. The molecule has 2 amide bonds. The van der Waals surface area contributed by atoms with E-state index in [1.54, 1.807) is 20.8 Å². The van der Waals surface area contributed by atoms with Crippen molar-refractivity contribution in [1.29, 1.82) is 0 Å². The summed E-state index contributed by atoms with van der Waals surface area (Å²) in [6, 6.07) is 5.07. The third kappa shape index (κ3) is 6.21. The molecule has 0 spiro atoms. The average Bonchev–Trinajstić information content (AvgIpc) is 2.63. The van der Waals surface area contributed by atoms with E-state index in [1.165, 1.54) is 12.0 Å². The molecule has 2 rings (SSSR count). The molecular formula is C22H32N2O5. The summed E-state index contributed by atoms with van der Waals surface area (Å²) in [5, 5.41) is 2.98. The summed E-state index contributed by atoms with van der Waals surface area (Å²) < 4.78 is 10.3. The molecule has 1 fully saturated rings. The molecule has 0 bridgehead atoms. The number of amides is 2. The van der Waals surface area contributed by atoms with Crippen LogP contribution >= 0.6 is 0 Å². The van der Waals surface area contributed by atoms with E-state index in [0.29, 0.717) is 19.4 Å². The number of hydrogen-bond donors (Lipinski definition) is 1. The topological polar surface area (TPSA) is 84.9 Å². The van der Waals surface area contributed by atoms with Gasteiger partial charge in [0.25, 0.3) is 0 Å². The molecule has 0 aliphatic carbocycles. The maximum Gasteiger partial charge on any atom is 0.410 e. The lowest BCUT2D eigenvalue weighted by molar-refractivity contribution is -0.142. The summed E-state index contributed by atoms with van der Waals surface area (Å²) in [6.45, 7) is 9.58. The number of ether oxygens (including phenoxy) is 2. The van der Waals surface area contributed by atoms with Crippen LogP contribution in [0.3, 0.4) is 0 Å². The quantitative estimate of drug-likeness (QED) is 0.771. The number of methoxy groups -OCH3 is 1. The summed E-state index contributed by atoms with van der Waals surface area (Å²) in [6.07, 6.45) is 0.703. The van der Waals surface area contributed by atoms with Crippen molar-refractivity contribution in [3.8, 4) is 0 Å². The predicted octanol–water partition coefficient (Wildman–Crippen LogP) is 3.82. The van der Waals surface area contributed by atoms with Crippen LogP contribution in [0.15, 0.2) is 18.2 Å². The normalized spacial score (nSPS) is 19.4. The summed E-state index contributed by atoms with van der Waals surface area (Å²) in [4.78, 5) is 39.1. The number of anilines is 1. The molecular weight excluding hydrogens is 372 g/mol. The van der Waals surface area contributed by atoms with Gasteiger partial charge in [-0.15, -0.1) is 0 Å². The Morgan fingerprint density at radius 1 is 1.17 bits per heavy atom. The van der Waals surface area contributed by atoms with E-state index in [2.05, 4.69) is 5.32 Å². The fourth-order valence-electron chi connectivity index (χ4n) is 3.55. The number of aryl methyl sites for hydroxylation is 2. The largest absolute Gasteiger partial charge is 0.469 e. The number of carbonyl (C=O) groups excluding carboxylic acids is 3. The average molecular weight is 405 g/mol. The molecule has 1 aliphatic rings. The van der Waals surface area contributed by atoms with Gasteiger partial charge in [0.1, 0.15) is 11.6 Å². The van der Waals surface area contributed by atoms with Gasteiger partial charge < -0.3 is 14.8 Å². The second-order valence-corrected chi connectivity index (χ2v) is 8.62. The first-order chi connectivity index (χ1) is 13.5. The molecule has 2 atom stereocenters. The number of benzene rings is 1. The van der Waals surface area contributed by atoms with Crippen LogP contribution in [-0.2, 0) is 19.1 Å². The number of nitrogens with one attached hydrogen (secondary N) is 1. The summed E-state index contributed by atoms with van der Waals surface area (Å²) in [5.41, 5.74) is 1.98. The smallest absolute Gasteiger partial charge is 0.410 e. The zero-order chi connectivity index (χ0) is 21.8. The van der Waals surface area contributed by atoms with Gasteiger partial charge in [0, 0.05) is 18.7 Å². The van der Waals surface area contributed by atoms with Gasteiger partial charge in [-0.2, -0.15) is 0 Å². The maximum atomic E-state index is 13.2. The molecule has 0 radical (unpaired) electrons. The predicted molar refractivity (Wildman–Crippen MR) is 111 cm³/mol. The van der Waals surface area contributed by atoms with Crippen LogP contribution in [-0.4, -0.2) is 48.2 Å². The summed E-state index contributed by atoms with van der Waals surface area (Å²) in [5.74, 6) is -0.618. The first kappa shape index (κ1) is 22.7.